The Kier molecular flexibility index (Phi) is 8.07. The molecule has 0 radical (unpaired) electrons. The summed E-state index contributed by atoms with van der Waals surface area (Å²) in [6.45, 7) is 8.34. The summed E-state index contributed by atoms with van der Waals surface area (Å²) < 4.78 is 6.47. The minimum atomic E-state index is -0.822. The molecule has 1 saturated heterocycles. The fourth-order valence-electron chi connectivity index (χ4n) is 4.78. The SMILES string of the molecule is CCN(CC)CCN1C(=O)C(=O)C(=C(O)c2cnn(-c3ccccc3)c2C)C1c1ccc(C(=O)OC)cc1. The normalized spacial score (nSPS) is 16.9. The quantitative estimate of drug-likeness (QED) is 0.200. The van der Waals surface area contributed by atoms with Crippen LogP contribution in [0.2, 0.25) is 0 Å². The van der Waals surface area contributed by atoms with E-state index in [1.807, 2.05) is 44.2 Å². The number of hydrogen-bond acceptors (Lipinski definition) is 7. The maximum absolute atomic E-state index is 13.4. The lowest BCUT2D eigenvalue weighted by Crippen LogP contribution is -2.38. The molecule has 0 saturated carbocycles. The first-order chi connectivity index (χ1) is 18.3. The highest BCUT2D eigenvalue weighted by atomic mass is 16.5. The molecule has 9 nitrogen and oxygen atoms in total. The molecule has 0 bridgehead atoms. The highest BCUT2D eigenvalue weighted by Gasteiger charge is 2.46. The Morgan fingerprint density at radius 3 is 2.32 bits per heavy atom. The number of hydrogen-bond donors (Lipinski definition) is 1. The Labute approximate surface area is 221 Å². The molecule has 4 rings (SSSR count). The van der Waals surface area contributed by atoms with Gasteiger partial charge in [-0.2, -0.15) is 5.10 Å². The number of aromatic nitrogens is 2. The van der Waals surface area contributed by atoms with Gasteiger partial charge in [-0.15, -0.1) is 0 Å². The summed E-state index contributed by atoms with van der Waals surface area (Å²) in [5.41, 5.74) is 2.74. The van der Waals surface area contributed by atoms with Crippen LogP contribution >= 0.6 is 0 Å². The highest BCUT2D eigenvalue weighted by Crippen LogP contribution is 2.40. The average molecular weight is 517 g/mol. The first-order valence-electron chi connectivity index (χ1n) is 12.6. The van der Waals surface area contributed by atoms with Gasteiger partial charge in [0.2, 0.25) is 0 Å². The van der Waals surface area contributed by atoms with Gasteiger partial charge in [0.15, 0.2) is 0 Å². The van der Waals surface area contributed by atoms with E-state index in [1.54, 1.807) is 35.9 Å². The van der Waals surface area contributed by atoms with Gasteiger partial charge in [0.25, 0.3) is 11.7 Å². The predicted octanol–water partition coefficient (Wildman–Crippen LogP) is 3.73. The molecule has 1 aromatic heterocycles. The van der Waals surface area contributed by atoms with E-state index in [4.69, 9.17) is 4.74 Å². The Hall–Kier alpha value is -4.24. The molecule has 0 aliphatic carbocycles. The molecule has 1 N–H and O–H groups in total. The van der Waals surface area contributed by atoms with E-state index in [1.165, 1.54) is 18.2 Å². The number of nitrogens with zero attached hydrogens (tertiary/aromatic N) is 4. The molecule has 1 aliphatic rings. The van der Waals surface area contributed by atoms with Crippen LogP contribution in [0.1, 0.15) is 47.1 Å². The largest absolute Gasteiger partial charge is 0.507 e. The van der Waals surface area contributed by atoms with Crippen LogP contribution in [0.15, 0.2) is 66.4 Å². The van der Waals surface area contributed by atoms with Crippen molar-refractivity contribution in [1.29, 1.82) is 0 Å². The van der Waals surface area contributed by atoms with Gasteiger partial charge >= 0.3 is 5.97 Å². The van der Waals surface area contributed by atoms with Crippen molar-refractivity contribution in [3.8, 4) is 5.69 Å². The monoisotopic (exact) mass is 516 g/mol. The van der Waals surface area contributed by atoms with Crippen molar-refractivity contribution in [3.05, 3.63) is 88.8 Å². The van der Waals surface area contributed by atoms with Crippen LogP contribution in [-0.2, 0) is 14.3 Å². The average Bonchev–Trinajstić information content (AvgIpc) is 3.45. The predicted molar refractivity (Wildman–Crippen MR) is 143 cm³/mol. The highest BCUT2D eigenvalue weighted by molar-refractivity contribution is 6.46. The lowest BCUT2D eigenvalue weighted by molar-refractivity contribution is -0.140. The van der Waals surface area contributed by atoms with E-state index in [0.29, 0.717) is 35.5 Å². The maximum Gasteiger partial charge on any atom is 0.337 e. The number of likely N-dealkylation sites (N-methyl/N-ethyl adjacent to an activating group) is 1. The van der Waals surface area contributed by atoms with Crippen LogP contribution in [0.25, 0.3) is 11.4 Å². The van der Waals surface area contributed by atoms with Gasteiger partial charge in [-0.1, -0.05) is 44.2 Å². The molecular weight excluding hydrogens is 484 g/mol. The van der Waals surface area contributed by atoms with Crippen molar-refractivity contribution >= 4 is 23.4 Å². The minimum absolute atomic E-state index is 0.00363. The first kappa shape index (κ1) is 26.8. The maximum atomic E-state index is 13.4. The van der Waals surface area contributed by atoms with Gasteiger partial charge in [0.1, 0.15) is 5.76 Å². The third kappa shape index (κ3) is 4.97. The van der Waals surface area contributed by atoms with Crippen molar-refractivity contribution < 1.29 is 24.2 Å². The van der Waals surface area contributed by atoms with Gasteiger partial charge in [0, 0.05) is 13.1 Å². The van der Waals surface area contributed by atoms with Gasteiger partial charge in [-0.05, 0) is 49.8 Å². The smallest absolute Gasteiger partial charge is 0.337 e. The van der Waals surface area contributed by atoms with Crippen molar-refractivity contribution in [2.75, 3.05) is 33.3 Å². The Morgan fingerprint density at radius 1 is 1.05 bits per heavy atom. The summed E-state index contributed by atoms with van der Waals surface area (Å²) in [7, 11) is 1.30. The standard InChI is InChI=1S/C29H32N4O5/c1-5-31(6-2)16-17-32-25(20-12-14-21(15-13-20)29(37)38-4)24(27(35)28(32)36)26(34)23-18-30-33(19(23)3)22-10-8-7-9-11-22/h7-15,18,25,34H,5-6,16-17H2,1-4H3. The van der Waals surface area contributed by atoms with Crippen molar-refractivity contribution in [3.63, 3.8) is 0 Å². The van der Waals surface area contributed by atoms with Crippen LogP contribution in [-0.4, -0.2) is 75.6 Å². The van der Waals surface area contributed by atoms with Crippen LogP contribution < -0.4 is 0 Å². The van der Waals surface area contributed by atoms with Crippen molar-refractivity contribution in [2.24, 2.45) is 0 Å². The Morgan fingerprint density at radius 2 is 1.71 bits per heavy atom. The zero-order chi connectivity index (χ0) is 27.4. The van der Waals surface area contributed by atoms with Gasteiger partial charge in [-0.25, -0.2) is 9.48 Å². The fourth-order valence-corrected chi connectivity index (χ4v) is 4.78. The summed E-state index contributed by atoms with van der Waals surface area (Å²) in [5, 5.41) is 15.9. The summed E-state index contributed by atoms with van der Waals surface area (Å²) in [6, 6.07) is 15.2. The third-order valence-electron chi connectivity index (χ3n) is 7.00. The number of aliphatic hydroxyl groups excluding tert-OH is 1. The second kappa shape index (κ2) is 11.4. The first-order valence-corrected chi connectivity index (χ1v) is 12.6. The number of likely N-dealkylation sites (tertiary alicyclic amines) is 1. The molecule has 1 amide bonds. The number of benzene rings is 2. The van der Waals surface area contributed by atoms with Crippen LogP contribution in [0, 0.1) is 6.92 Å². The molecular formula is C29H32N4O5. The van der Waals surface area contributed by atoms with Gasteiger partial charge in [-0.3, -0.25) is 9.59 Å². The molecule has 1 aliphatic heterocycles. The molecule has 38 heavy (non-hydrogen) atoms. The van der Waals surface area contributed by atoms with Crippen LogP contribution in [0.5, 0.6) is 0 Å². The molecule has 1 atom stereocenters. The zero-order valence-electron chi connectivity index (χ0n) is 22.0. The number of ketones is 1. The van der Waals surface area contributed by atoms with E-state index < -0.39 is 23.7 Å². The molecule has 3 aromatic rings. The van der Waals surface area contributed by atoms with Gasteiger partial charge < -0.3 is 19.6 Å². The summed E-state index contributed by atoms with van der Waals surface area (Å²) in [4.78, 5) is 42.3. The number of para-hydroxylation sites is 1. The zero-order valence-corrected chi connectivity index (χ0v) is 22.0. The number of amides is 1. The van der Waals surface area contributed by atoms with Crippen LogP contribution in [0.4, 0.5) is 0 Å². The summed E-state index contributed by atoms with van der Waals surface area (Å²) >= 11 is 0. The topological polar surface area (TPSA) is 105 Å². The second-order valence-corrected chi connectivity index (χ2v) is 9.02. The van der Waals surface area contributed by atoms with Crippen molar-refractivity contribution in [2.45, 2.75) is 26.8 Å². The minimum Gasteiger partial charge on any atom is -0.507 e. The number of aliphatic hydroxyl groups is 1. The van der Waals surface area contributed by atoms with E-state index in [9.17, 15) is 19.5 Å². The van der Waals surface area contributed by atoms with E-state index in [-0.39, 0.29) is 11.3 Å². The third-order valence-corrected chi connectivity index (χ3v) is 7.00. The molecule has 1 fully saturated rings. The molecule has 198 valence electrons. The van der Waals surface area contributed by atoms with Gasteiger partial charge in [0.05, 0.1) is 47.4 Å². The number of carbonyl (C=O) groups is 3. The lowest BCUT2D eigenvalue weighted by atomic mass is 9.94. The van der Waals surface area contributed by atoms with Crippen molar-refractivity contribution in [1.82, 2.24) is 19.6 Å². The Balaban J connectivity index is 1.81. The molecule has 1 unspecified atom stereocenters. The summed E-state index contributed by atoms with van der Waals surface area (Å²) in [5.74, 6) is -2.20. The van der Waals surface area contributed by atoms with E-state index in [0.717, 1.165) is 18.8 Å². The fraction of sp³-hybridized carbons (Fsp3) is 0.310. The number of carbonyl (C=O) groups excluding carboxylic acids is 3. The van der Waals surface area contributed by atoms with E-state index in [2.05, 4.69) is 10.00 Å². The number of rotatable bonds is 9. The number of methoxy groups -OCH3 is 1. The summed E-state index contributed by atoms with van der Waals surface area (Å²) in [6.07, 6.45) is 1.50. The molecule has 9 heteroatoms. The molecule has 0 spiro atoms. The second-order valence-electron chi connectivity index (χ2n) is 9.02. The van der Waals surface area contributed by atoms with E-state index >= 15 is 0 Å². The molecule has 2 heterocycles. The number of ether oxygens (including phenoxy) is 1. The number of esters is 1. The molecule has 2 aromatic carbocycles. The Bertz CT molecular complexity index is 1360. The lowest BCUT2D eigenvalue weighted by Gasteiger charge is -2.28. The number of Topliss-reactive ketones (excluding diaryl/α,β-unsaturated/α-hetero) is 1. The van der Waals surface area contributed by atoms with Crippen LogP contribution in [0.3, 0.4) is 0 Å².